The van der Waals surface area contributed by atoms with Crippen molar-refractivity contribution in [3.63, 3.8) is 0 Å². The molecule has 0 saturated heterocycles. The summed E-state index contributed by atoms with van der Waals surface area (Å²) in [6.07, 6.45) is 7.61. The molecular formula is C13H14. The van der Waals surface area contributed by atoms with E-state index in [2.05, 4.69) is 42.5 Å². The van der Waals surface area contributed by atoms with Crippen LogP contribution in [0.1, 0.15) is 24.3 Å². The van der Waals surface area contributed by atoms with Crippen molar-refractivity contribution in [2.45, 2.75) is 18.8 Å². The van der Waals surface area contributed by atoms with Gasteiger partial charge in [-0.3, -0.25) is 0 Å². The summed E-state index contributed by atoms with van der Waals surface area (Å²) < 4.78 is 0. The fourth-order valence-electron chi connectivity index (χ4n) is 2.86. The topological polar surface area (TPSA) is 0 Å². The Labute approximate surface area is 79.3 Å². The van der Waals surface area contributed by atoms with Gasteiger partial charge in [0.2, 0.25) is 0 Å². The molecule has 3 rings (SSSR count). The molecule has 13 heavy (non-hydrogen) atoms. The first-order chi connectivity index (χ1) is 6.43. The quantitative estimate of drug-likeness (QED) is 0.567. The first-order valence-electron chi connectivity index (χ1n) is 5.17. The molecule has 1 aromatic carbocycles. The molecule has 2 aliphatic carbocycles. The fraction of sp³-hybridized carbons (Fsp3) is 0.385. The van der Waals surface area contributed by atoms with E-state index in [1.807, 2.05) is 0 Å². The lowest BCUT2D eigenvalue weighted by Crippen LogP contribution is -2.04. The summed E-state index contributed by atoms with van der Waals surface area (Å²) in [4.78, 5) is 0. The zero-order valence-electron chi connectivity index (χ0n) is 7.69. The first-order valence-corrected chi connectivity index (χ1v) is 5.17. The maximum absolute atomic E-state index is 2.42. The Kier molecular flexibility index (Phi) is 1.55. The molecule has 0 heterocycles. The van der Waals surface area contributed by atoms with Crippen LogP contribution in [0.15, 0.2) is 42.5 Å². The van der Waals surface area contributed by atoms with Crippen LogP contribution < -0.4 is 0 Å². The lowest BCUT2D eigenvalue weighted by Gasteiger charge is -2.17. The average molecular weight is 170 g/mol. The van der Waals surface area contributed by atoms with E-state index < -0.39 is 0 Å². The van der Waals surface area contributed by atoms with Crippen LogP contribution in [0.3, 0.4) is 0 Å². The van der Waals surface area contributed by atoms with E-state index in [1.54, 1.807) is 5.56 Å². The van der Waals surface area contributed by atoms with Crippen LogP contribution in [-0.4, -0.2) is 0 Å². The van der Waals surface area contributed by atoms with Crippen LogP contribution in [0.2, 0.25) is 0 Å². The van der Waals surface area contributed by atoms with Crippen molar-refractivity contribution in [2.75, 3.05) is 0 Å². The number of hydrogen-bond donors (Lipinski definition) is 0. The van der Waals surface area contributed by atoms with E-state index in [0.717, 1.165) is 17.8 Å². The van der Waals surface area contributed by atoms with Crippen molar-refractivity contribution >= 4 is 0 Å². The van der Waals surface area contributed by atoms with E-state index >= 15 is 0 Å². The molecule has 0 unspecified atom stereocenters. The molecule has 3 atom stereocenters. The molecule has 2 bridgehead atoms. The highest BCUT2D eigenvalue weighted by atomic mass is 14.4. The lowest BCUT2D eigenvalue weighted by molar-refractivity contribution is 0.585. The highest BCUT2D eigenvalue weighted by Gasteiger charge is 2.35. The molecule has 1 fully saturated rings. The minimum Gasteiger partial charge on any atom is -0.0851 e. The van der Waals surface area contributed by atoms with Gasteiger partial charge in [-0.25, -0.2) is 0 Å². The second-order valence-electron chi connectivity index (χ2n) is 4.30. The highest BCUT2D eigenvalue weighted by molar-refractivity contribution is 5.27. The van der Waals surface area contributed by atoms with Gasteiger partial charge >= 0.3 is 0 Å². The molecule has 1 aromatic rings. The van der Waals surface area contributed by atoms with Gasteiger partial charge in [-0.05, 0) is 36.2 Å². The molecule has 0 spiro atoms. The minimum atomic E-state index is 0.816. The molecule has 0 aromatic heterocycles. The molecule has 1 saturated carbocycles. The van der Waals surface area contributed by atoms with Crippen LogP contribution in [0.4, 0.5) is 0 Å². The SMILES string of the molecule is C1=C[C@H]2C[C@@H]1C[C@H]2c1ccccc1. The number of rotatable bonds is 1. The first kappa shape index (κ1) is 7.37. The van der Waals surface area contributed by atoms with Crippen LogP contribution in [0.25, 0.3) is 0 Å². The smallest absolute Gasteiger partial charge is 0.00932 e. The Morgan fingerprint density at radius 3 is 2.38 bits per heavy atom. The average Bonchev–Trinajstić information content (AvgIpc) is 2.80. The van der Waals surface area contributed by atoms with Crippen molar-refractivity contribution in [3.05, 3.63) is 48.0 Å². The van der Waals surface area contributed by atoms with Crippen molar-refractivity contribution in [2.24, 2.45) is 11.8 Å². The predicted molar refractivity (Wildman–Crippen MR) is 54.5 cm³/mol. The van der Waals surface area contributed by atoms with Gasteiger partial charge in [-0.15, -0.1) is 0 Å². The Hall–Kier alpha value is -1.04. The van der Waals surface area contributed by atoms with Crippen LogP contribution >= 0.6 is 0 Å². The third-order valence-corrected chi connectivity index (χ3v) is 3.51. The van der Waals surface area contributed by atoms with Gasteiger partial charge in [0.25, 0.3) is 0 Å². The zero-order valence-corrected chi connectivity index (χ0v) is 7.69. The molecule has 0 N–H and O–H groups in total. The van der Waals surface area contributed by atoms with Gasteiger partial charge in [0.15, 0.2) is 0 Å². The van der Waals surface area contributed by atoms with E-state index in [4.69, 9.17) is 0 Å². The van der Waals surface area contributed by atoms with Crippen LogP contribution in [-0.2, 0) is 0 Å². The highest BCUT2D eigenvalue weighted by Crippen LogP contribution is 2.48. The monoisotopic (exact) mass is 170 g/mol. The van der Waals surface area contributed by atoms with Crippen molar-refractivity contribution in [1.29, 1.82) is 0 Å². The van der Waals surface area contributed by atoms with E-state index in [9.17, 15) is 0 Å². The summed E-state index contributed by atoms with van der Waals surface area (Å²) in [6, 6.07) is 11.0. The fourth-order valence-corrected chi connectivity index (χ4v) is 2.86. The summed E-state index contributed by atoms with van der Waals surface area (Å²) in [6.45, 7) is 0. The predicted octanol–water partition coefficient (Wildman–Crippen LogP) is 3.37. The summed E-state index contributed by atoms with van der Waals surface area (Å²) in [7, 11) is 0. The minimum absolute atomic E-state index is 0.816. The second kappa shape index (κ2) is 2.73. The molecule has 0 heteroatoms. The molecule has 0 radical (unpaired) electrons. The number of hydrogen-bond acceptors (Lipinski definition) is 0. The number of benzene rings is 1. The van der Waals surface area contributed by atoms with Gasteiger partial charge in [-0.2, -0.15) is 0 Å². The second-order valence-corrected chi connectivity index (χ2v) is 4.30. The largest absolute Gasteiger partial charge is 0.0851 e. The maximum Gasteiger partial charge on any atom is -0.00932 e. The van der Waals surface area contributed by atoms with Crippen LogP contribution in [0, 0.1) is 11.8 Å². The Bertz CT molecular complexity index is 323. The Balaban J connectivity index is 1.92. The van der Waals surface area contributed by atoms with Gasteiger partial charge < -0.3 is 0 Å². The summed E-state index contributed by atoms with van der Waals surface area (Å²) in [5, 5.41) is 0. The van der Waals surface area contributed by atoms with E-state index in [-0.39, 0.29) is 0 Å². The van der Waals surface area contributed by atoms with Gasteiger partial charge in [0.05, 0.1) is 0 Å². The molecule has 0 nitrogen and oxygen atoms in total. The summed E-state index contributed by atoms with van der Waals surface area (Å²) in [5.41, 5.74) is 1.54. The molecule has 0 aliphatic heterocycles. The third kappa shape index (κ3) is 1.13. The summed E-state index contributed by atoms with van der Waals surface area (Å²) >= 11 is 0. The van der Waals surface area contributed by atoms with Crippen molar-refractivity contribution in [1.82, 2.24) is 0 Å². The molecule has 0 amide bonds. The molecule has 2 aliphatic rings. The van der Waals surface area contributed by atoms with Gasteiger partial charge in [-0.1, -0.05) is 42.5 Å². The molecule has 66 valence electrons. The Morgan fingerprint density at radius 2 is 1.77 bits per heavy atom. The van der Waals surface area contributed by atoms with Gasteiger partial charge in [0, 0.05) is 0 Å². The van der Waals surface area contributed by atoms with Crippen molar-refractivity contribution in [3.8, 4) is 0 Å². The lowest BCUT2D eigenvalue weighted by atomic mass is 9.87. The number of fused-ring (bicyclic) bond motifs is 2. The molecular weight excluding hydrogens is 156 g/mol. The standard InChI is InChI=1S/C13H14/c1-2-4-11(5-3-1)13-9-10-6-7-12(13)8-10/h1-7,10,12-13H,8-9H2/t10-,12+,13+/m1/s1. The van der Waals surface area contributed by atoms with Crippen molar-refractivity contribution < 1.29 is 0 Å². The number of allylic oxidation sites excluding steroid dienone is 2. The third-order valence-electron chi connectivity index (χ3n) is 3.51. The zero-order chi connectivity index (χ0) is 8.67. The summed E-state index contributed by atoms with van der Waals surface area (Å²) in [5.74, 6) is 2.54. The van der Waals surface area contributed by atoms with Gasteiger partial charge in [0.1, 0.15) is 0 Å². The van der Waals surface area contributed by atoms with E-state index in [0.29, 0.717) is 0 Å². The van der Waals surface area contributed by atoms with Crippen LogP contribution in [0.5, 0.6) is 0 Å². The van der Waals surface area contributed by atoms with E-state index in [1.165, 1.54) is 12.8 Å². The normalized spacial score (nSPS) is 35.5. The maximum atomic E-state index is 2.42. The Morgan fingerprint density at radius 1 is 0.923 bits per heavy atom.